The number of benzene rings is 1. The summed E-state index contributed by atoms with van der Waals surface area (Å²) >= 11 is 6.62. The van der Waals surface area contributed by atoms with Gasteiger partial charge in [-0.15, -0.1) is 0 Å². The molecule has 28 heavy (non-hydrogen) atoms. The highest BCUT2D eigenvalue weighted by atomic mass is 35.5. The molecule has 1 heterocycles. The Balaban J connectivity index is 1.77. The molecule has 0 aliphatic heterocycles. The molecule has 0 N–H and O–H groups in total. The summed E-state index contributed by atoms with van der Waals surface area (Å²) in [7, 11) is 2.08. The Labute approximate surface area is 172 Å². The SMILES string of the molecule is Cc1ccc(Cc2cc(C=O)c(OCN(C)C3CCCCC3)c(Cl)c2C)cn1. The van der Waals surface area contributed by atoms with Crippen LogP contribution in [0.1, 0.15) is 64.8 Å². The molecule has 0 atom stereocenters. The maximum absolute atomic E-state index is 11.7. The van der Waals surface area contributed by atoms with Crippen molar-refractivity contribution in [2.75, 3.05) is 13.8 Å². The normalized spacial score (nSPS) is 15.0. The quantitative estimate of drug-likeness (QED) is 0.463. The van der Waals surface area contributed by atoms with Crippen LogP contribution < -0.4 is 4.74 Å². The molecule has 1 aromatic carbocycles. The summed E-state index contributed by atoms with van der Waals surface area (Å²) in [6, 6.07) is 6.48. The van der Waals surface area contributed by atoms with Gasteiger partial charge in [-0.2, -0.15) is 0 Å². The number of halogens is 1. The lowest BCUT2D eigenvalue weighted by atomic mass is 9.95. The van der Waals surface area contributed by atoms with Gasteiger partial charge in [0.25, 0.3) is 0 Å². The van der Waals surface area contributed by atoms with Crippen LogP contribution in [0.25, 0.3) is 0 Å². The molecule has 2 aromatic rings. The molecule has 3 rings (SSSR count). The van der Waals surface area contributed by atoms with E-state index in [1.807, 2.05) is 32.2 Å². The minimum absolute atomic E-state index is 0.436. The molecule has 1 aromatic heterocycles. The molecule has 5 heteroatoms. The Morgan fingerprint density at radius 1 is 1.25 bits per heavy atom. The van der Waals surface area contributed by atoms with E-state index in [0.717, 1.165) is 28.7 Å². The highest BCUT2D eigenvalue weighted by Gasteiger charge is 2.20. The van der Waals surface area contributed by atoms with Gasteiger partial charge in [-0.1, -0.05) is 36.9 Å². The Morgan fingerprint density at radius 3 is 2.64 bits per heavy atom. The van der Waals surface area contributed by atoms with Crippen molar-refractivity contribution in [2.45, 2.75) is 58.4 Å². The van der Waals surface area contributed by atoms with Crippen LogP contribution >= 0.6 is 11.6 Å². The number of hydrogen-bond donors (Lipinski definition) is 0. The van der Waals surface area contributed by atoms with E-state index in [1.165, 1.54) is 32.1 Å². The monoisotopic (exact) mass is 400 g/mol. The van der Waals surface area contributed by atoms with E-state index in [9.17, 15) is 4.79 Å². The molecule has 1 aliphatic carbocycles. The topological polar surface area (TPSA) is 42.4 Å². The summed E-state index contributed by atoms with van der Waals surface area (Å²) < 4.78 is 6.03. The summed E-state index contributed by atoms with van der Waals surface area (Å²) in [4.78, 5) is 18.3. The Morgan fingerprint density at radius 2 is 2.00 bits per heavy atom. The first-order valence-corrected chi connectivity index (χ1v) is 10.4. The van der Waals surface area contributed by atoms with Crippen molar-refractivity contribution in [2.24, 2.45) is 0 Å². The number of nitrogens with zero attached hydrogens (tertiary/aromatic N) is 2. The number of ether oxygens (including phenoxy) is 1. The van der Waals surface area contributed by atoms with Crippen molar-refractivity contribution in [1.29, 1.82) is 0 Å². The van der Waals surface area contributed by atoms with E-state index >= 15 is 0 Å². The molecule has 1 saturated carbocycles. The van der Waals surface area contributed by atoms with Crippen LogP contribution in [0, 0.1) is 13.8 Å². The highest BCUT2D eigenvalue weighted by molar-refractivity contribution is 6.33. The van der Waals surface area contributed by atoms with Crippen molar-refractivity contribution in [1.82, 2.24) is 9.88 Å². The zero-order valence-corrected chi connectivity index (χ0v) is 17.8. The predicted octanol–water partition coefficient (Wildman–Crippen LogP) is 5.36. The number of aromatic nitrogens is 1. The third-order valence-corrected chi connectivity index (χ3v) is 6.16. The number of hydrogen-bond acceptors (Lipinski definition) is 4. The van der Waals surface area contributed by atoms with Crippen molar-refractivity contribution >= 4 is 17.9 Å². The lowest BCUT2D eigenvalue weighted by Crippen LogP contribution is -2.36. The van der Waals surface area contributed by atoms with E-state index in [2.05, 4.69) is 23.0 Å². The van der Waals surface area contributed by atoms with Crippen molar-refractivity contribution < 1.29 is 9.53 Å². The third-order valence-electron chi connectivity index (χ3n) is 5.71. The van der Waals surface area contributed by atoms with Crippen LogP contribution in [0.3, 0.4) is 0 Å². The van der Waals surface area contributed by atoms with Crippen LogP contribution in [0.15, 0.2) is 24.4 Å². The number of carbonyl (C=O) groups is 1. The molecule has 0 amide bonds. The lowest BCUT2D eigenvalue weighted by molar-refractivity contribution is 0.0897. The molecule has 1 fully saturated rings. The summed E-state index contributed by atoms with van der Waals surface area (Å²) in [6.07, 6.45) is 9.66. The van der Waals surface area contributed by atoms with Gasteiger partial charge in [0, 0.05) is 17.9 Å². The van der Waals surface area contributed by atoms with E-state index in [1.54, 1.807) is 0 Å². The maximum atomic E-state index is 11.7. The fourth-order valence-corrected chi connectivity index (χ4v) is 4.12. The predicted molar refractivity (Wildman–Crippen MR) is 113 cm³/mol. The fraction of sp³-hybridized carbons (Fsp3) is 0.478. The van der Waals surface area contributed by atoms with E-state index in [0.29, 0.717) is 35.5 Å². The van der Waals surface area contributed by atoms with Crippen LogP contribution in [0.2, 0.25) is 5.02 Å². The summed E-state index contributed by atoms with van der Waals surface area (Å²) in [5.41, 5.74) is 4.54. The Hall–Kier alpha value is -1.91. The molecule has 0 unspecified atom stereocenters. The first kappa shape index (κ1) is 20.8. The zero-order chi connectivity index (χ0) is 20.1. The minimum atomic E-state index is 0.436. The van der Waals surface area contributed by atoms with Crippen LogP contribution in [-0.4, -0.2) is 36.0 Å². The van der Waals surface area contributed by atoms with Gasteiger partial charge < -0.3 is 4.74 Å². The molecule has 0 radical (unpaired) electrons. The second-order valence-corrected chi connectivity index (χ2v) is 8.20. The van der Waals surface area contributed by atoms with Crippen LogP contribution in [-0.2, 0) is 6.42 Å². The number of pyridine rings is 1. The van der Waals surface area contributed by atoms with Gasteiger partial charge in [-0.3, -0.25) is 14.7 Å². The van der Waals surface area contributed by atoms with Gasteiger partial charge >= 0.3 is 0 Å². The minimum Gasteiger partial charge on any atom is -0.476 e. The van der Waals surface area contributed by atoms with E-state index in [4.69, 9.17) is 16.3 Å². The summed E-state index contributed by atoms with van der Waals surface area (Å²) in [5, 5.41) is 0.525. The molecular weight excluding hydrogens is 372 g/mol. The molecule has 0 spiro atoms. The molecule has 1 aliphatic rings. The summed E-state index contributed by atoms with van der Waals surface area (Å²) in [5.74, 6) is 0.489. The Kier molecular flexibility index (Phi) is 7.08. The smallest absolute Gasteiger partial charge is 0.153 e. The van der Waals surface area contributed by atoms with Gasteiger partial charge in [0.1, 0.15) is 6.73 Å². The third kappa shape index (κ3) is 4.92. The van der Waals surface area contributed by atoms with E-state index < -0.39 is 0 Å². The first-order valence-electron chi connectivity index (χ1n) is 10.0. The fourth-order valence-electron chi connectivity index (χ4n) is 3.83. The van der Waals surface area contributed by atoms with E-state index in [-0.39, 0.29) is 0 Å². The van der Waals surface area contributed by atoms with Gasteiger partial charge in [0.2, 0.25) is 0 Å². The summed E-state index contributed by atoms with van der Waals surface area (Å²) in [6.45, 7) is 4.38. The van der Waals surface area contributed by atoms with Crippen LogP contribution in [0.4, 0.5) is 0 Å². The lowest BCUT2D eigenvalue weighted by Gasteiger charge is -2.31. The molecule has 0 bridgehead atoms. The molecule has 4 nitrogen and oxygen atoms in total. The van der Waals surface area contributed by atoms with Crippen molar-refractivity contribution in [3.05, 3.63) is 57.4 Å². The first-order chi connectivity index (χ1) is 13.5. The van der Waals surface area contributed by atoms with Crippen molar-refractivity contribution in [3.8, 4) is 5.75 Å². The number of aldehydes is 1. The second-order valence-electron chi connectivity index (χ2n) is 7.82. The number of rotatable bonds is 7. The largest absolute Gasteiger partial charge is 0.476 e. The van der Waals surface area contributed by atoms with Crippen LogP contribution in [0.5, 0.6) is 5.75 Å². The standard InChI is InChI=1S/C23H29ClN2O2/c1-16-9-10-18(13-25-16)11-19-12-20(14-27)23(22(24)17(19)2)28-15-26(3)21-7-5-4-6-8-21/h9-10,12-14,21H,4-8,11,15H2,1-3H3. The average Bonchev–Trinajstić information content (AvgIpc) is 2.72. The van der Waals surface area contributed by atoms with Gasteiger partial charge in [0.05, 0.1) is 10.6 Å². The van der Waals surface area contributed by atoms with Crippen molar-refractivity contribution in [3.63, 3.8) is 0 Å². The van der Waals surface area contributed by atoms with Gasteiger partial charge in [0.15, 0.2) is 12.0 Å². The molecular formula is C23H29ClN2O2. The number of carbonyl (C=O) groups excluding carboxylic acids is 1. The maximum Gasteiger partial charge on any atom is 0.153 e. The zero-order valence-electron chi connectivity index (χ0n) is 17.0. The molecule has 0 saturated heterocycles. The highest BCUT2D eigenvalue weighted by Crippen LogP contribution is 2.35. The average molecular weight is 401 g/mol. The van der Waals surface area contributed by atoms with Gasteiger partial charge in [-0.25, -0.2) is 0 Å². The van der Waals surface area contributed by atoms with Gasteiger partial charge in [-0.05, 0) is 69.0 Å². The number of aryl methyl sites for hydroxylation is 1. The molecule has 150 valence electrons. The second kappa shape index (κ2) is 9.53. The Bertz CT molecular complexity index is 814.